The van der Waals surface area contributed by atoms with E-state index in [0.29, 0.717) is 17.6 Å². The average molecular weight is 426 g/mol. The van der Waals surface area contributed by atoms with Crippen molar-refractivity contribution in [3.05, 3.63) is 51.2 Å². The number of ether oxygens (including phenoxy) is 1. The van der Waals surface area contributed by atoms with E-state index >= 15 is 0 Å². The van der Waals surface area contributed by atoms with Gasteiger partial charge in [0.1, 0.15) is 12.1 Å². The SMILES string of the molecule is Cc1cc(I)ccc1Nc1c(COC=O)cc2ncoc2c1F. The van der Waals surface area contributed by atoms with Crippen molar-refractivity contribution in [2.75, 3.05) is 5.32 Å². The summed E-state index contributed by atoms with van der Waals surface area (Å²) in [6.45, 7) is 2.19. The Labute approximate surface area is 145 Å². The lowest BCUT2D eigenvalue weighted by Crippen LogP contribution is -2.03. The maximum atomic E-state index is 14.7. The molecule has 0 aliphatic rings. The number of halogens is 2. The average Bonchev–Trinajstić information content (AvgIpc) is 2.99. The lowest BCUT2D eigenvalue weighted by Gasteiger charge is -2.14. The van der Waals surface area contributed by atoms with Crippen molar-refractivity contribution >= 4 is 51.5 Å². The summed E-state index contributed by atoms with van der Waals surface area (Å²) in [6, 6.07) is 7.40. The maximum absolute atomic E-state index is 14.7. The molecule has 0 bridgehead atoms. The first-order chi connectivity index (χ1) is 11.1. The summed E-state index contributed by atoms with van der Waals surface area (Å²) in [5.41, 5.74) is 2.85. The normalized spacial score (nSPS) is 10.7. The summed E-state index contributed by atoms with van der Waals surface area (Å²) in [5.74, 6) is -0.567. The third-order valence-corrected chi connectivity index (χ3v) is 4.07. The third kappa shape index (κ3) is 3.14. The predicted octanol–water partition coefficient (Wildman–Crippen LogP) is 4.30. The van der Waals surface area contributed by atoms with Gasteiger partial charge in [-0.25, -0.2) is 9.37 Å². The van der Waals surface area contributed by atoms with Crippen molar-refractivity contribution < 1.29 is 18.3 Å². The molecule has 0 atom stereocenters. The van der Waals surface area contributed by atoms with Crippen LogP contribution in [0.2, 0.25) is 0 Å². The highest BCUT2D eigenvalue weighted by atomic mass is 127. The van der Waals surface area contributed by atoms with Gasteiger partial charge in [-0.2, -0.15) is 0 Å². The van der Waals surface area contributed by atoms with Crippen LogP contribution in [0.1, 0.15) is 11.1 Å². The van der Waals surface area contributed by atoms with Crippen LogP contribution in [0.4, 0.5) is 15.8 Å². The van der Waals surface area contributed by atoms with Crippen molar-refractivity contribution in [2.24, 2.45) is 0 Å². The van der Waals surface area contributed by atoms with Crippen molar-refractivity contribution in [3.63, 3.8) is 0 Å². The van der Waals surface area contributed by atoms with Gasteiger partial charge in [-0.15, -0.1) is 0 Å². The van der Waals surface area contributed by atoms with E-state index in [-0.39, 0.29) is 17.9 Å². The molecule has 3 rings (SSSR count). The highest BCUT2D eigenvalue weighted by molar-refractivity contribution is 14.1. The Kier molecular flexibility index (Phi) is 4.46. The fourth-order valence-electron chi connectivity index (χ4n) is 2.29. The number of hydrogen-bond donors (Lipinski definition) is 1. The first kappa shape index (κ1) is 15.7. The third-order valence-electron chi connectivity index (χ3n) is 3.40. The molecule has 1 heterocycles. The molecule has 0 saturated heterocycles. The molecule has 0 fully saturated rings. The van der Waals surface area contributed by atoms with E-state index in [1.165, 1.54) is 6.39 Å². The van der Waals surface area contributed by atoms with Gasteiger partial charge in [0, 0.05) is 14.8 Å². The van der Waals surface area contributed by atoms with Crippen molar-refractivity contribution in [1.82, 2.24) is 4.98 Å². The van der Waals surface area contributed by atoms with Gasteiger partial charge >= 0.3 is 0 Å². The highest BCUT2D eigenvalue weighted by Crippen LogP contribution is 2.32. The standard InChI is InChI=1S/C16H12FIN2O3/c1-9-4-11(18)2-3-12(9)20-15-10(6-22-8-21)5-13-16(14(15)17)23-7-19-13/h2-5,7-8,20H,6H2,1H3. The molecule has 7 heteroatoms. The Morgan fingerprint density at radius 3 is 3.00 bits per heavy atom. The van der Waals surface area contributed by atoms with Crippen LogP contribution >= 0.6 is 22.6 Å². The van der Waals surface area contributed by atoms with Crippen LogP contribution in [0.5, 0.6) is 0 Å². The van der Waals surface area contributed by atoms with Gasteiger partial charge in [0.15, 0.2) is 17.8 Å². The highest BCUT2D eigenvalue weighted by Gasteiger charge is 2.18. The molecular formula is C16H12FIN2O3. The van der Waals surface area contributed by atoms with Gasteiger partial charge in [0.25, 0.3) is 6.47 Å². The van der Waals surface area contributed by atoms with Gasteiger partial charge in [0.2, 0.25) is 0 Å². The number of rotatable bonds is 5. The van der Waals surface area contributed by atoms with Gasteiger partial charge in [0.05, 0.1) is 5.69 Å². The molecule has 0 unspecified atom stereocenters. The van der Waals surface area contributed by atoms with E-state index in [2.05, 4.69) is 32.9 Å². The number of hydrogen-bond acceptors (Lipinski definition) is 5. The minimum atomic E-state index is -0.567. The zero-order valence-corrected chi connectivity index (χ0v) is 14.3. The molecule has 0 spiro atoms. The molecule has 0 amide bonds. The fourth-order valence-corrected chi connectivity index (χ4v) is 2.94. The number of fused-ring (bicyclic) bond motifs is 1. The van der Waals surface area contributed by atoms with Crippen LogP contribution in [0.15, 0.2) is 35.1 Å². The molecular weight excluding hydrogens is 414 g/mol. The molecule has 0 aliphatic heterocycles. The Bertz CT molecular complexity index is 879. The lowest BCUT2D eigenvalue weighted by molar-refractivity contribution is -0.129. The summed E-state index contributed by atoms with van der Waals surface area (Å²) in [6.07, 6.45) is 1.18. The topological polar surface area (TPSA) is 64.4 Å². The second kappa shape index (κ2) is 6.53. The van der Waals surface area contributed by atoms with Crippen LogP contribution in [0.3, 0.4) is 0 Å². The molecule has 118 valence electrons. The van der Waals surface area contributed by atoms with Crippen LogP contribution in [0, 0.1) is 16.3 Å². The number of benzene rings is 2. The van der Waals surface area contributed by atoms with E-state index in [1.54, 1.807) is 6.07 Å². The number of carbonyl (C=O) groups excluding carboxylic acids is 1. The van der Waals surface area contributed by atoms with Crippen LogP contribution < -0.4 is 5.32 Å². The molecule has 3 aromatic rings. The number of oxazole rings is 1. The van der Waals surface area contributed by atoms with E-state index in [1.807, 2.05) is 25.1 Å². The molecule has 1 aromatic heterocycles. The molecule has 23 heavy (non-hydrogen) atoms. The van der Waals surface area contributed by atoms with E-state index < -0.39 is 5.82 Å². The monoisotopic (exact) mass is 426 g/mol. The van der Waals surface area contributed by atoms with Crippen molar-refractivity contribution in [1.29, 1.82) is 0 Å². The van der Waals surface area contributed by atoms with E-state index in [4.69, 9.17) is 9.15 Å². The number of carbonyl (C=O) groups is 1. The van der Waals surface area contributed by atoms with Gasteiger partial charge in [-0.3, -0.25) is 4.79 Å². The molecule has 0 saturated carbocycles. The van der Waals surface area contributed by atoms with E-state index in [9.17, 15) is 9.18 Å². The summed E-state index contributed by atoms with van der Waals surface area (Å²) in [5, 5.41) is 3.07. The van der Waals surface area contributed by atoms with Crippen LogP contribution in [-0.2, 0) is 16.1 Å². The molecule has 5 nitrogen and oxygen atoms in total. The van der Waals surface area contributed by atoms with Gasteiger partial charge in [-0.1, -0.05) is 0 Å². The zero-order chi connectivity index (χ0) is 16.4. The molecule has 2 aromatic carbocycles. The Morgan fingerprint density at radius 2 is 2.26 bits per heavy atom. The first-order valence-electron chi connectivity index (χ1n) is 6.73. The number of nitrogens with one attached hydrogen (secondary N) is 1. The molecule has 1 N–H and O–H groups in total. The number of aromatic nitrogens is 1. The minimum absolute atomic E-state index is 0.0605. The molecule has 0 aliphatic carbocycles. The summed E-state index contributed by atoms with van der Waals surface area (Å²) in [7, 11) is 0. The van der Waals surface area contributed by atoms with Crippen LogP contribution in [0.25, 0.3) is 11.1 Å². The Morgan fingerprint density at radius 1 is 1.43 bits per heavy atom. The van der Waals surface area contributed by atoms with Gasteiger partial charge in [-0.05, 0) is 59.3 Å². The maximum Gasteiger partial charge on any atom is 0.293 e. The summed E-state index contributed by atoms with van der Waals surface area (Å²) < 4.78 is 25.7. The summed E-state index contributed by atoms with van der Waals surface area (Å²) >= 11 is 2.21. The number of nitrogens with zero attached hydrogens (tertiary/aromatic N) is 1. The first-order valence-corrected chi connectivity index (χ1v) is 7.81. The number of anilines is 2. The Hall–Kier alpha value is -2.16. The quantitative estimate of drug-likeness (QED) is 0.487. The second-order valence-electron chi connectivity index (χ2n) is 4.92. The second-order valence-corrected chi connectivity index (χ2v) is 6.16. The van der Waals surface area contributed by atoms with Crippen molar-refractivity contribution in [3.8, 4) is 0 Å². The summed E-state index contributed by atoms with van der Waals surface area (Å²) in [4.78, 5) is 14.4. The van der Waals surface area contributed by atoms with Crippen molar-refractivity contribution in [2.45, 2.75) is 13.5 Å². The smallest absolute Gasteiger partial charge is 0.293 e. The largest absolute Gasteiger partial charge is 0.463 e. The number of aryl methyl sites for hydroxylation is 1. The van der Waals surface area contributed by atoms with E-state index in [0.717, 1.165) is 14.8 Å². The van der Waals surface area contributed by atoms with Crippen LogP contribution in [-0.4, -0.2) is 11.5 Å². The predicted molar refractivity (Wildman–Crippen MR) is 92.0 cm³/mol. The van der Waals surface area contributed by atoms with Gasteiger partial charge < -0.3 is 14.5 Å². The zero-order valence-electron chi connectivity index (χ0n) is 12.1. The fraction of sp³-hybridized carbons (Fsp3) is 0.125. The molecule has 0 radical (unpaired) electrons. The lowest BCUT2D eigenvalue weighted by atomic mass is 10.1. The Balaban J connectivity index is 2.09. The minimum Gasteiger partial charge on any atom is -0.463 e.